The molecule has 5 heteroatoms. The van der Waals surface area contributed by atoms with Crippen LogP contribution in [0.3, 0.4) is 0 Å². The number of hydrogen-bond acceptors (Lipinski definition) is 3. The smallest absolute Gasteiger partial charge is 0.0892 e. The van der Waals surface area contributed by atoms with Gasteiger partial charge in [-0.3, -0.25) is 0 Å². The van der Waals surface area contributed by atoms with Gasteiger partial charge in [-0.15, -0.1) is 12.4 Å². The molecule has 0 spiro atoms. The highest BCUT2D eigenvalue weighted by Crippen LogP contribution is 1.82. The summed E-state index contributed by atoms with van der Waals surface area (Å²) in [7, 11) is 4.12. The molecule has 0 aromatic rings. The lowest BCUT2D eigenvalue weighted by Crippen LogP contribution is -2.13. The van der Waals surface area contributed by atoms with Gasteiger partial charge in [-0.25, -0.2) is 9.98 Å². The number of halogens is 1. The molecule has 0 saturated carbocycles. The monoisotopic (exact) mass is 209 g/mol. The van der Waals surface area contributed by atoms with Gasteiger partial charge in [0, 0.05) is 6.54 Å². The van der Waals surface area contributed by atoms with Crippen molar-refractivity contribution in [3.05, 3.63) is 0 Å². The Hall–Kier alpha value is -0.410. The van der Waals surface area contributed by atoms with Gasteiger partial charge in [-0.05, 0) is 34.0 Å². The first-order valence-corrected chi connectivity index (χ1v) is 4.00. The standard InChI is InChI=1S/C8H17N3.ClH.H2O/c1-4-9-8-10-6-5-7-11(2)3;;/h4-7H2,1-3H3;1H;1H2. The topological polar surface area (TPSA) is 59.5 Å². The Bertz CT molecular complexity index is 144. The molecule has 0 saturated heterocycles. The SMILES string of the molecule is CCN=C=NCCCN(C)C.Cl.O. The number of nitrogens with zero attached hydrogens (tertiary/aromatic N) is 3. The first-order chi connectivity index (χ1) is 5.27. The van der Waals surface area contributed by atoms with E-state index < -0.39 is 0 Å². The Morgan fingerprint density at radius 1 is 1.23 bits per heavy atom. The van der Waals surface area contributed by atoms with Crippen LogP contribution in [0.5, 0.6) is 0 Å². The lowest BCUT2D eigenvalue weighted by atomic mass is 10.4. The highest BCUT2D eigenvalue weighted by atomic mass is 35.5. The van der Waals surface area contributed by atoms with Crippen molar-refractivity contribution < 1.29 is 5.48 Å². The van der Waals surface area contributed by atoms with Gasteiger partial charge in [0.1, 0.15) is 0 Å². The van der Waals surface area contributed by atoms with Crippen molar-refractivity contribution in [3.8, 4) is 0 Å². The molecular weight excluding hydrogens is 190 g/mol. The molecule has 0 aliphatic heterocycles. The normalized spacial score (nSPS) is 8.00. The number of rotatable bonds is 5. The fourth-order valence-corrected chi connectivity index (χ4v) is 0.637. The molecule has 0 aromatic heterocycles. The Kier molecular flexibility index (Phi) is 20.0. The van der Waals surface area contributed by atoms with Crippen molar-refractivity contribution in [2.75, 3.05) is 33.7 Å². The molecule has 13 heavy (non-hydrogen) atoms. The average molecular weight is 210 g/mol. The largest absolute Gasteiger partial charge is 0.412 e. The van der Waals surface area contributed by atoms with E-state index >= 15 is 0 Å². The molecule has 0 aromatic carbocycles. The van der Waals surface area contributed by atoms with Gasteiger partial charge < -0.3 is 10.4 Å². The lowest BCUT2D eigenvalue weighted by molar-refractivity contribution is 0.403. The van der Waals surface area contributed by atoms with E-state index in [2.05, 4.69) is 35.0 Å². The maximum atomic E-state index is 3.99. The highest BCUT2D eigenvalue weighted by Gasteiger charge is 1.86. The summed E-state index contributed by atoms with van der Waals surface area (Å²) in [5.74, 6) is 0. The van der Waals surface area contributed by atoms with Crippen molar-refractivity contribution in [2.24, 2.45) is 9.98 Å². The summed E-state index contributed by atoms with van der Waals surface area (Å²) in [4.78, 5) is 9.99. The molecule has 0 aliphatic carbocycles. The zero-order valence-electron chi connectivity index (χ0n) is 8.58. The minimum atomic E-state index is 0. The van der Waals surface area contributed by atoms with E-state index in [1.165, 1.54) is 0 Å². The Labute approximate surface area is 86.5 Å². The predicted molar refractivity (Wildman–Crippen MR) is 59.3 cm³/mol. The van der Waals surface area contributed by atoms with Crippen LogP contribution in [0.4, 0.5) is 0 Å². The Balaban J connectivity index is -0.000000500. The minimum absolute atomic E-state index is 0. The van der Waals surface area contributed by atoms with Gasteiger partial charge in [-0.2, -0.15) is 0 Å². The number of aliphatic imine (C=N–C) groups is 2. The molecular formula is C8H20ClN3O. The van der Waals surface area contributed by atoms with Crippen LogP contribution in [0.25, 0.3) is 0 Å². The Morgan fingerprint density at radius 3 is 2.31 bits per heavy atom. The van der Waals surface area contributed by atoms with E-state index in [0.717, 1.165) is 26.1 Å². The average Bonchev–Trinajstić information content (AvgIpc) is 1.96. The van der Waals surface area contributed by atoms with Crippen LogP contribution in [-0.4, -0.2) is 50.1 Å². The summed E-state index contributed by atoms with van der Waals surface area (Å²) in [6.45, 7) is 4.67. The van der Waals surface area contributed by atoms with Crippen molar-refractivity contribution >= 4 is 18.4 Å². The highest BCUT2D eigenvalue weighted by molar-refractivity contribution is 5.85. The van der Waals surface area contributed by atoms with Crippen molar-refractivity contribution in [1.82, 2.24) is 4.90 Å². The van der Waals surface area contributed by atoms with Gasteiger partial charge in [0.05, 0.1) is 12.6 Å². The molecule has 0 aliphatic rings. The molecule has 0 radical (unpaired) electrons. The third-order valence-corrected chi connectivity index (χ3v) is 1.17. The van der Waals surface area contributed by atoms with Gasteiger partial charge in [0.2, 0.25) is 0 Å². The van der Waals surface area contributed by atoms with Gasteiger partial charge in [0.25, 0.3) is 0 Å². The molecule has 2 N–H and O–H groups in total. The van der Waals surface area contributed by atoms with Crippen LogP contribution in [0.1, 0.15) is 13.3 Å². The maximum absolute atomic E-state index is 3.99. The van der Waals surface area contributed by atoms with Crippen LogP contribution < -0.4 is 0 Å². The summed E-state index contributed by atoms with van der Waals surface area (Å²) in [6, 6.07) is 2.64. The molecule has 0 heterocycles. The summed E-state index contributed by atoms with van der Waals surface area (Å²) in [6.07, 6.45) is 1.08. The van der Waals surface area contributed by atoms with Crippen LogP contribution >= 0.6 is 12.4 Å². The molecule has 0 unspecified atom stereocenters. The molecule has 4 nitrogen and oxygen atoms in total. The number of hydrogen-bond donors (Lipinski definition) is 0. The van der Waals surface area contributed by atoms with E-state index in [1.807, 2.05) is 6.92 Å². The maximum Gasteiger partial charge on any atom is 0.0892 e. The fourth-order valence-electron chi connectivity index (χ4n) is 0.637. The Morgan fingerprint density at radius 2 is 1.85 bits per heavy atom. The van der Waals surface area contributed by atoms with Crippen LogP contribution in [0.2, 0.25) is 0 Å². The minimum Gasteiger partial charge on any atom is -0.412 e. The summed E-state index contributed by atoms with van der Waals surface area (Å²) >= 11 is 0. The second kappa shape index (κ2) is 14.1. The molecule has 0 amide bonds. The third kappa shape index (κ3) is 18.5. The lowest BCUT2D eigenvalue weighted by Gasteiger charge is -2.05. The van der Waals surface area contributed by atoms with Gasteiger partial charge in [0.15, 0.2) is 0 Å². The second-order valence-corrected chi connectivity index (χ2v) is 2.61. The van der Waals surface area contributed by atoms with Crippen LogP contribution in [0.15, 0.2) is 9.98 Å². The van der Waals surface area contributed by atoms with Crippen LogP contribution in [0, 0.1) is 0 Å². The van der Waals surface area contributed by atoms with Crippen molar-refractivity contribution in [2.45, 2.75) is 13.3 Å². The summed E-state index contributed by atoms with van der Waals surface area (Å²) in [5, 5.41) is 0. The van der Waals surface area contributed by atoms with E-state index in [4.69, 9.17) is 0 Å². The van der Waals surface area contributed by atoms with Gasteiger partial charge >= 0.3 is 0 Å². The fraction of sp³-hybridized carbons (Fsp3) is 0.875. The second-order valence-electron chi connectivity index (χ2n) is 2.61. The first-order valence-electron chi connectivity index (χ1n) is 4.00. The van der Waals surface area contributed by atoms with Crippen molar-refractivity contribution in [1.29, 1.82) is 0 Å². The van der Waals surface area contributed by atoms with Gasteiger partial charge in [-0.1, -0.05) is 0 Å². The van der Waals surface area contributed by atoms with Crippen molar-refractivity contribution in [3.63, 3.8) is 0 Å². The molecule has 0 atom stereocenters. The molecule has 0 fully saturated rings. The zero-order valence-corrected chi connectivity index (χ0v) is 9.39. The van der Waals surface area contributed by atoms with Crippen LogP contribution in [-0.2, 0) is 0 Å². The predicted octanol–water partition coefficient (Wildman–Crippen LogP) is 0.729. The van der Waals surface area contributed by atoms with E-state index in [1.54, 1.807) is 0 Å². The molecule has 0 bridgehead atoms. The third-order valence-electron chi connectivity index (χ3n) is 1.17. The summed E-state index contributed by atoms with van der Waals surface area (Å²) in [5.41, 5.74) is 0. The molecule has 0 rings (SSSR count). The van der Waals surface area contributed by atoms with E-state index in [-0.39, 0.29) is 17.9 Å². The first kappa shape index (κ1) is 18.4. The zero-order chi connectivity index (χ0) is 8.53. The molecule has 80 valence electrons. The summed E-state index contributed by atoms with van der Waals surface area (Å²) < 4.78 is 0. The van der Waals surface area contributed by atoms with E-state index in [9.17, 15) is 0 Å². The quantitative estimate of drug-likeness (QED) is 0.487. The van der Waals surface area contributed by atoms with E-state index in [0.29, 0.717) is 0 Å².